The second-order valence-corrected chi connectivity index (χ2v) is 5.51. The molecule has 106 valence electrons. The summed E-state index contributed by atoms with van der Waals surface area (Å²) in [7, 11) is 3.64. The highest BCUT2D eigenvalue weighted by Crippen LogP contribution is 2.16. The number of rotatable bonds is 3. The van der Waals surface area contributed by atoms with Crippen LogP contribution in [0.25, 0.3) is 10.2 Å². The van der Waals surface area contributed by atoms with Crippen molar-refractivity contribution in [2.24, 2.45) is 17.3 Å². The van der Waals surface area contributed by atoms with Gasteiger partial charge in [0, 0.05) is 12.6 Å². The van der Waals surface area contributed by atoms with Gasteiger partial charge in [0.15, 0.2) is 0 Å². The molecule has 1 heterocycles. The van der Waals surface area contributed by atoms with Gasteiger partial charge in [-0.2, -0.15) is 5.10 Å². The number of ether oxygens (including phenoxy) is 1. The van der Waals surface area contributed by atoms with Gasteiger partial charge in [-0.1, -0.05) is 35.6 Å². The molecule has 3 aromatic rings. The smallest absolute Gasteiger partial charge is 0.211 e. The molecule has 0 atom stereocenters. The summed E-state index contributed by atoms with van der Waals surface area (Å²) in [6.07, 6.45) is 1.71. The summed E-state index contributed by atoms with van der Waals surface area (Å²) in [4.78, 5) is 0.863. The van der Waals surface area contributed by atoms with E-state index in [0.29, 0.717) is 0 Å². The number of hydrogen-bond donors (Lipinski definition) is 0. The van der Waals surface area contributed by atoms with E-state index in [-0.39, 0.29) is 0 Å². The molecule has 0 aliphatic rings. The lowest BCUT2D eigenvalue weighted by Crippen LogP contribution is -2.08. The standard InChI is InChI=1S/C16H15N3OS/c1-19-13-8-4-6-10-15(13)21-16(19)18-17-11-12-7-3-5-9-14(12)20-2/h3-11H,1-2H3/b17-11+,18-16+. The zero-order valence-corrected chi connectivity index (χ0v) is 12.7. The van der Waals surface area contributed by atoms with E-state index >= 15 is 0 Å². The lowest BCUT2D eigenvalue weighted by molar-refractivity contribution is 0.414. The molecule has 21 heavy (non-hydrogen) atoms. The van der Waals surface area contributed by atoms with E-state index in [2.05, 4.69) is 22.3 Å². The van der Waals surface area contributed by atoms with Crippen molar-refractivity contribution in [3.8, 4) is 5.75 Å². The molecule has 4 nitrogen and oxygen atoms in total. The molecule has 0 aliphatic carbocycles. The number of aryl methyl sites for hydroxylation is 1. The third kappa shape index (κ3) is 2.73. The first-order valence-electron chi connectivity index (χ1n) is 6.54. The summed E-state index contributed by atoms with van der Waals surface area (Å²) in [5.74, 6) is 0.789. The van der Waals surface area contributed by atoms with Crippen LogP contribution in [0.4, 0.5) is 0 Å². The van der Waals surface area contributed by atoms with Crippen molar-refractivity contribution < 1.29 is 4.74 Å². The van der Waals surface area contributed by atoms with Gasteiger partial charge in [-0.3, -0.25) is 0 Å². The third-order valence-corrected chi connectivity index (χ3v) is 4.30. The van der Waals surface area contributed by atoms with Gasteiger partial charge in [0.2, 0.25) is 4.80 Å². The Kier molecular flexibility index (Phi) is 3.83. The van der Waals surface area contributed by atoms with E-state index in [1.54, 1.807) is 24.7 Å². The summed E-state index contributed by atoms with van der Waals surface area (Å²) in [5, 5.41) is 8.50. The second-order valence-electron chi connectivity index (χ2n) is 4.50. The van der Waals surface area contributed by atoms with Gasteiger partial charge in [-0.25, -0.2) is 0 Å². The molecule has 0 aliphatic heterocycles. The molecule has 1 aromatic heterocycles. The van der Waals surface area contributed by atoms with Crippen LogP contribution in [-0.2, 0) is 7.05 Å². The average Bonchev–Trinajstić information content (AvgIpc) is 2.85. The molecule has 0 saturated carbocycles. The zero-order valence-electron chi connectivity index (χ0n) is 11.9. The summed E-state index contributed by atoms with van der Waals surface area (Å²) in [6, 6.07) is 15.9. The fraction of sp³-hybridized carbons (Fsp3) is 0.125. The van der Waals surface area contributed by atoms with E-state index in [1.165, 1.54) is 4.70 Å². The monoisotopic (exact) mass is 297 g/mol. The van der Waals surface area contributed by atoms with Crippen molar-refractivity contribution in [2.45, 2.75) is 0 Å². The predicted molar refractivity (Wildman–Crippen MR) is 86.9 cm³/mol. The van der Waals surface area contributed by atoms with E-state index < -0.39 is 0 Å². The molecular formula is C16H15N3OS. The minimum Gasteiger partial charge on any atom is -0.496 e. The number of benzene rings is 2. The molecule has 0 radical (unpaired) electrons. The normalized spacial score (nSPS) is 12.4. The average molecular weight is 297 g/mol. The van der Waals surface area contributed by atoms with Crippen LogP contribution in [0.2, 0.25) is 0 Å². The van der Waals surface area contributed by atoms with Gasteiger partial charge in [0.1, 0.15) is 5.75 Å². The van der Waals surface area contributed by atoms with Crippen molar-refractivity contribution in [3.63, 3.8) is 0 Å². The van der Waals surface area contributed by atoms with Gasteiger partial charge in [-0.05, 0) is 24.3 Å². The van der Waals surface area contributed by atoms with Crippen molar-refractivity contribution in [1.29, 1.82) is 0 Å². The third-order valence-electron chi connectivity index (χ3n) is 3.19. The van der Waals surface area contributed by atoms with Crippen molar-refractivity contribution in [1.82, 2.24) is 4.57 Å². The van der Waals surface area contributed by atoms with E-state index in [9.17, 15) is 0 Å². The number of nitrogens with zero attached hydrogens (tertiary/aromatic N) is 3. The number of fused-ring (bicyclic) bond motifs is 1. The van der Waals surface area contributed by atoms with Gasteiger partial charge >= 0.3 is 0 Å². The molecule has 0 spiro atoms. The Bertz CT molecular complexity index is 861. The molecule has 2 aromatic carbocycles. The van der Waals surface area contributed by atoms with Gasteiger partial charge < -0.3 is 9.30 Å². The first-order valence-corrected chi connectivity index (χ1v) is 7.36. The Labute approximate surface area is 126 Å². The van der Waals surface area contributed by atoms with Crippen LogP contribution in [0.5, 0.6) is 5.75 Å². The van der Waals surface area contributed by atoms with Crippen LogP contribution in [0.3, 0.4) is 0 Å². The topological polar surface area (TPSA) is 38.9 Å². The van der Waals surface area contributed by atoms with Gasteiger partial charge in [0.25, 0.3) is 0 Å². The van der Waals surface area contributed by atoms with E-state index in [0.717, 1.165) is 21.6 Å². The summed E-state index contributed by atoms with van der Waals surface area (Å²) < 4.78 is 8.53. The molecule has 5 heteroatoms. The van der Waals surface area contributed by atoms with Crippen LogP contribution in [0.1, 0.15) is 5.56 Å². The number of para-hydroxylation sites is 2. The summed E-state index contributed by atoms with van der Waals surface area (Å²) >= 11 is 1.62. The largest absolute Gasteiger partial charge is 0.496 e. The Hall–Kier alpha value is -2.40. The maximum atomic E-state index is 5.28. The molecule has 0 fully saturated rings. The molecule has 0 unspecified atom stereocenters. The minimum absolute atomic E-state index is 0.789. The maximum Gasteiger partial charge on any atom is 0.211 e. The molecular weight excluding hydrogens is 282 g/mol. The van der Waals surface area contributed by atoms with Crippen molar-refractivity contribution in [2.75, 3.05) is 7.11 Å². The molecule has 3 rings (SSSR count). The van der Waals surface area contributed by atoms with Gasteiger partial charge in [-0.15, -0.1) is 5.10 Å². The first-order chi connectivity index (χ1) is 10.3. The van der Waals surface area contributed by atoms with Gasteiger partial charge in [0.05, 0.1) is 23.5 Å². The Balaban J connectivity index is 1.98. The van der Waals surface area contributed by atoms with Crippen LogP contribution in [0, 0.1) is 0 Å². The highest BCUT2D eigenvalue weighted by atomic mass is 32.1. The van der Waals surface area contributed by atoms with Crippen LogP contribution in [-0.4, -0.2) is 17.9 Å². The quantitative estimate of drug-likeness (QED) is 0.540. The predicted octanol–water partition coefficient (Wildman–Crippen LogP) is 3.18. The molecule has 0 N–H and O–H groups in total. The van der Waals surface area contributed by atoms with Crippen LogP contribution < -0.4 is 9.54 Å². The highest BCUT2D eigenvalue weighted by Gasteiger charge is 2.01. The van der Waals surface area contributed by atoms with Crippen LogP contribution >= 0.6 is 11.3 Å². The first kappa shape index (κ1) is 13.6. The zero-order chi connectivity index (χ0) is 14.7. The number of thiazole rings is 1. The molecule has 0 saturated heterocycles. The number of aromatic nitrogens is 1. The summed E-state index contributed by atoms with van der Waals surface area (Å²) in [6.45, 7) is 0. The Morgan fingerprint density at radius 1 is 1.10 bits per heavy atom. The number of methoxy groups -OCH3 is 1. The lowest BCUT2D eigenvalue weighted by atomic mass is 10.2. The summed E-state index contributed by atoms with van der Waals surface area (Å²) in [5.41, 5.74) is 2.07. The second kappa shape index (κ2) is 5.93. The van der Waals surface area contributed by atoms with Crippen LogP contribution in [0.15, 0.2) is 58.7 Å². The SMILES string of the molecule is COc1ccccc1/C=N/N=c1/sc2ccccc2n1C. The van der Waals surface area contributed by atoms with Crippen molar-refractivity contribution >= 4 is 27.8 Å². The lowest BCUT2D eigenvalue weighted by Gasteiger charge is -2.01. The Morgan fingerprint density at radius 3 is 2.67 bits per heavy atom. The molecule has 0 amide bonds. The minimum atomic E-state index is 0.789. The highest BCUT2D eigenvalue weighted by molar-refractivity contribution is 7.16. The molecule has 0 bridgehead atoms. The fourth-order valence-electron chi connectivity index (χ4n) is 2.09. The number of hydrogen-bond acceptors (Lipinski definition) is 4. The Morgan fingerprint density at radius 2 is 1.86 bits per heavy atom. The van der Waals surface area contributed by atoms with Crippen molar-refractivity contribution in [3.05, 3.63) is 58.9 Å². The van der Waals surface area contributed by atoms with E-state index in [1.807, 2.05) is 48.0 Å². The fourth-order valence-corrected chi connectivity index (χ4v) is 3.07. The maximum absolute atomic E-state index is 5.28. The van der Waals surface area contributed by atoms with E-state index in [4.69, 9.17) is 4.74 Å².